The van der Waals surface area contributed by atoms with Crippen molar-refractivity contribution in [3.63, 3.8) is 0 Å². The lowest BCUT2D eigenvalue weighted by Gasteiger charge is -2.19. The number of ether oxygens (including phenoxy) is 2. The highest BCUT2D eigenvalue weighted by molar-refractivity contribution is 5.72. The normalized spacial score (nSPS) is 13.9. The van der Waals surface area contributed by atoms with Gasteiger partial charge in [0.2, 0.25) is 0 Å². The molecule has 0 fully saturated rings. The van der Waals surface area contributed by atoms with E-state index in [1.807, 2.05) is 39.8 Å². The van der Waals surface area contributed by atoms with E-state index in [0.717, 1.165) is 11.3 Å². The fraction of sp³-hybridized carbons (Fsp3) is 0.588. The first-order valence-corrected chi connectivity index (χ1v) is 7.79. The summed E-state index contributed by atoms with van der Waals surface area (Å²) in [5.41, 5.74) is 1.52. The van der Waals surface area contributed by atoms with Gasteiger partial charge in [0.15, 0.2) is 12.4 Å². The Morgan fingerprint density at radius 2 is 1.87 bits per heavy atom. The van der Waals surface area contributed by atoms with E-state index >= 15 is 0 Å². The van der Waals surface area contributed by atoms with E-state index in [2.05, 4.69) is 5.32 Å². The lowest BCUT2D eigenvalue weighted by molar-refractivity contribution is -0.144. The number of aliphatic hydroxyl groups is 1. The first-order chi connectivity index (χ1) is 10.7. The van der Waals surface area contributed by atoms with Crippen molar-refractivity contribution >= 4 is 11.7 Å². The maximum atomic E-state index is 11.0. The van der Waals surface area contributed by atoms with Crippen LogP contribution in [0.25, 0.3) is 0 Å². The van der Waals surface area contributed by atoms with Crippen LogP contribution in [0.15, 0.2) is 18.2 Å². The molecular formula is C17H27NO5. The van der Waals surface area contributed by atoms with Crippen LogP contribution in [0.5, 0.6) is 5.75 Å². The predicted octanol–water partition coefficient (Wildman–Crippen LogP) is 2.85. The van der Waals surface area contributed by atoms with Gasteiger partial charge in [-0.05, 0) is 38.5 Å². The van der Waals surface area contributed by atoms with Crippen LogP contribution in [0, 0.1) is 5.92 Å². The zero-order chi connectivity index (χ0) is 17.6. The topological polar surface area (TPSA) is 88.0 Å². The number of hydrogen-bond donors (Lipinski definition) is 3. The minimum atomic E-state index is -1.03. The third-order valence-electron chi connectivity index (χ3n) is 3.13. The number of hydrogen-bond acceptors (Lipinski definition) is 5. The molecule has 1 unspecified atom stereocenters. The highest BCUT2D eigenvalue weighted by Gasteiger charge is 2.16. The number of benzene rings is 1. The van der Waals surface area contributed by atoms with Gasteiger partial charge < -0.3 is 25.0 Å². The number of anilines is 1. The maximum Gasteiger partial charge on any atom is 0.344 e. The third kappa shape index (κ3) is 6.46. The third-order valence-corrected chi connectivity index (χ3v) is 3.13. The summed E-state index contributed by atoms with van der Waals surface area (Å²) in [6, 6.07) is 5.60. The van der Waals surface area contributed by atoms with Gasteiger partial charge in [-0.1, -0.05) is 19.9 Å². The molecule has 2 atom stereocenters. The van der Waals surface area contributed by atoms with Gasteiger partial charge in [0, 0.05) is 12.0 Å². The quantitative estimate of drug-likeness (QED) is 0.605. The minimum Gasteiger partial charge on any atom is -0.479 e. The Kier molecular flexibility index (Phi) is 7.32. The first kappa shape index (κ1) is 19.3. The van der Waals surface area contributed by atoms with Crippen molar-refractivity contribution in [3.05, 3.63) is 23.8 Å². The van der Waals surface area contributed by atoms with Crippen molar-refractivity contribution in [1.29, 1.82) is 0 Å². The molecule has 0 aliphatic rings. The average molecular weight is 325 g/mol. The summed E-state index contributed by atoms with van der Waals surface area (Å²) < 4.78 is 10.9. The molecule has 0 bridgehead atoms. The molecule has 3 N–H and O–H groups in total. The van der Waals surface area contributed by atoms with Crippen molar-refractivity contribution in [2.24, 2.45) is 5.92 Å². The molecule has 6 heteroatoms. The number of carboxylic acid groups (broad SMARTS) is 1. The molecule has 1 aromatic rings. The van der Waals surface area contributed by atoms with Gasteiger partial charge in [0.1, 0.15) is 5.75 Å². The average Bonchev–Trinajstić information content (AvgIpc) is 2.46. The predicted molar refractivity (Wildman–Crippen MR) is 88.6 cm³/mol. The molecule has 0 radical (unpaired) electrons. The fourth-order valence-electron chi connectivity index (χ4n) is 1.80. The van der Waals surface area contributed by atoms with Crippen molar-refractivity contribution in [2.75, 3.05) is 5.32 Å². The second kappa shape index (κ2) is 8.74. The van der Waals surface area contributed by atoms with E-state index in [-0.39, 0.29) is 18.6 Å². The molecule has 0 saturated carbocycles. The zero-order valence-corrected chi connectivity index (χ0v) is 14.4. The largest absolute Gasteiger partial charge is 0.479 e. The molecule has 1 rings (SSSR count). The van der Waals surface area contributed by atoms with Gasteiger partial charge in [-0.15, -0.1) is 0 Å². The summed E-state index contributed by atoms with van der Waals surface area (Å²) in [5.74, 6) is -0.578. The zero-order valence-electron chi connectivity index (χ0n) is 14.4. The standard InChI is InChI=1S/C17H27NO5/c1-10(2)17(21)22-9-13-6-7-14(18-11(3)4)15(8-13)23-12(5)16(19)20/h6-8,10-12,17-18,21H,9H2,1-5H3,(H,19,20)/t12-,17?/m0/s1. The molecule has 0 aliphatic heterocycles. The second-order valence-corrected chi connectivity index (χ2v) is 6.17. The second-order valence-electron chi connectivity index (χ2n) is 6.17. The van der Waals surface area contributed by atoms with Gasteiger partial charge >= 0.3 is 5.97 Å². The molecule has 0 aromatic heterocycles. The molecule has 0 spiro atoms. The Morgan fingerprint density at radius 3 is 2.39 bits per heavy atom. The number of carbonyl (C=O) groups is 1. The van der Waals surface area contributed by atoms with E-state index in [0.29, 0.717) is 5.75 Å². The maximum absolute atomic E-state index is 11.0. The lowest BCUT2D eigenvalue weighted by atomic mass is 10.1. The van der Waals surface area contributed by atoms with Gasteiger partial charge in [-0.3, -0.25) is 0 Å². The van der Waals surface area contributed by atoms with E-state index in [4.69, 9.17) is 14.6 Å². The van der Waals surface area contributed by atoms with Crippen LogP contribution in [0.1, 0.15) is 40.2 Å². The Morgan fingerprint density at radius 1 is 1.22 bits per heavy atom. The van der Waals surface area contributed by atoms with Crippen LogP contribution >= 0.6 is 0 Å². The van der Waals surface area contributed by atoms with Crippen LogP contribution in [-0.4, -0.2) is 34.6 Å². The summed E-state index contributed by atoms with van der Waals surface area (Å²) >= 11 is 0. The van der Waals surface area contributed by atoms with Gasteiger partial charge in [0.05, 0.1) is 12.3 Å². The number of nitrogens with one attached hydrogen (secondary N) is 1. The molecular weight excluding hydrogens is 298 g/mol. The van der Waals surface area contributed by atoms with E-state index in [1.165, 1.54) is 6.92 Å². The van der Waals surface area contributed by atoms with Crippen LogP contribution in [0.3, 0.4) is 0 Å². The first-order valence-electron chi connectivity index (χ1n) is 7.79. The van der Waals surface area contributed by atoms with Gasteiger partial charge in [-0.25, -0.2) is 4.79 Å². The van der Waals surface area contributed by atoms with Crippen LogP contribution in [0.4, 0.5) is 5.69 Å². The van der Waals surface area contributed by atoms with Gasteiger partial charge in [0.25, 0.3) is 0 Å². The van der Waals surface area contributed by atoms with E-state index < -0.39 is 18.4 Å². The Labute approximate surface area is 137 Å². The van der Waals surface area contributed by atoms with E-state index in [1.54, 1.807) is 6.07 Å². The van der Waals surface area contributed by atoms with Crippen molar-refractivity contribution < 1.29 is 24.5 Å². The highest BCUT2D eigenvalue weighted by atomic mass is 16.6. The SMILES string of the molecule is CC(C)Nc1ccc(COC(O)C(C)C)cc1O[C@@H](C)C(=O)O. The molecule has 0 saturated heterocycles. The molecule has 0 heterocycles. The number of carboxylic acids is 1. The molecule has 0 aliphatic carbocycles. The number of rotatable bonds is 9. The van der Waals surface area contributed by atoms with Crippen LogP contribution in [0.2, 0.25) is 0 Å². The fourth-order valence-corrected chi connectivity index (χ4v) is 1.80. The summed E-state index contributed by atoms with van der Waals surface area (Å²) in [7, 11) is 0. The Hall–Kier alpha value is -1.79. The van der Waals surface area contributed by atoms with Crippen molar-refractivity contribution in [1.82, 2.24) is 0 Å². The molecule has 1 aromatic carbocycles. The van der Waals surface area contributed by atoms with Gasteiger partial charge in [-0.2, -0.15) is 0 Å². The number of aliphatic hydroxyl groups excluding tert-OH is 1. The van der Waals surface area contributed by atoms with Crippen LogP contribution < -0.4 is 10.1 Å². The summed E-state index contributed by atoms with van der Waals surface area (Å²) in [6.07, 6.45) is -1.80. The Balaban J connectivity index is 2.92. The molecule has 130 valence electrons. The van der Waals surface area contributed by atoms with Crippen LogP contribution in [-0.2, 0) is 16.1 Å². The smallest absolute Gasteiger partial charge is 0.344 e. The van der Waals surface area contributed by atoms with E-state index in [9.17, 15) is 9.90 Å². The van der Waals surface area contributed by atoms with Crippen molar-refractivity contribution in [2.45, 2.75) is 59.7 Å². The molecule has 6 nitrogen and oxygen atoms in total. The minimum absolute atomic E-state index is 0.000339. The molecule has 0 amide bonds. The summed E-state index contributed by atoms with van der Waals surface area (Å²) in [6.45, 7) is 9.40. The summed E-state index contributed by atoms with van der Waals surface area (Å²) in [5, 5.41) is 21.9. The Bertz CT molecular complexity index is 516. The molecule has 23 heavy (non-hydrogen) atoms. The summed E-state index contributed by atoms with van der Waals surface area (Å²) in [4.78, 5) is 11.0. The van der Waals surface area contributed by atoms with Crippen molar-refractivity contribution in [3.8, 4) is 5.75 Å². The number of aliphatic carboxylic acids is 1. The lowest BCUT2D eigenvalue weighted by Crippen LogP contribution is -2.24. The monoisotopic (exact) mass is 325 g/mol. The highest BCUT2D eigenvalue weighted by Crippen LogP contribution is 2.28.